The average Bonchev–Trinajstić information content (AvgIpc) is 3.15. The molecule has 1 amide bonds. The SMILES string of the molecule is O=C1N(CCc2ccccc2)CCC[C@]1(O)CNCCn1cccn1. The van der Waals surface area contributed by atoms with Crippen LogP contribution in [0.4, 0.5) is 0 Å². The molecule has 25 heavy (non-hydrogen) atoms. The van der Waals surface area contributed by atoms with E-state index in [1.807, 2.05) is 35.1 Å². The molecule has 6 heteroatoms. The Morgan fingerprint density at radius 2 is 2.04 bits per heavy atom. The van der Waals surface area contributed by atoms with Crippen LogP contribution < -0.4 is 5.32 Å². The Kier molecular flexibility index (Phi) is 5.83. The molecule has 1 saturated heterocycles. The Labute approximate surface area is 148 Å². The van der Waals surface area contributed by atoms with Gasteiger partial charge in [-0.3, -0.25) is 9.48 Å². The van der Waals surface area contributed by atoms with E-state index in [4.69, 9.17) is 0 Å². The highest BCUT2D eigenvalue weighted by Crippen LogP contribution is 2.22. The molecule has 0 bridgehead atoms. The highest BCUT2D eigenvalue weighted by Gasteiger charge is 2.41. The maximum Gasteiger partial charge on any atom is 0.255 e. The third-order valence-electron chi connectivity index (χ3n) is 4.71. The fraction of sp³-hybridized carbons (Fsp3) is 0.474. The number of amides is 1. The molecular weight excluding hydrogens is 316 g/mol. The van der Waals surface area contributed by atoms with Crippen LogP contribution in [0, 0.1) is 0 Å². The fourth-order valence-electron chi connectivity index (χ4n) is 3.27. The number of benzene rings is 1. The minimum Gasteiger partial charge on any atom is -0.379 e. The Balaban J connectivity index is 1.47. The zero-order valence-corrected chi connectivity index (χ0v) is 14.5. The van der Waals surface area contributed by atoms with Gasteiger partial charge in [0, 0.05) is 38.6 Å². The highest BCUT2D eigenvalue weighted by molar-refractivity contribution is 5.86. The Morgan fingerprint density at radius 1 is 1.20 bits per heavy atom. The van der Waals surface area contributed by atoms with Crippen molar-refractivity contribution in [2.75, 3.05) is 26.2 Å². The van der Waals surface area contributed by atoms with E-state index in [0.717, 1.165) is 25.9 Å². The summed E-state index contributed by atoms with van der Waals surface area (Å²) in [4.78, 5) is 14.5. The second-order valence-electron chi connectivity index (χ2n) is 6.61. The quantitative estimate of drug-likeness (QED) is 0.704. The molecule has 1 atom stereocenters. The van der Waals surface area contributed by atoms with Crippen LogP contribution in [0.15, 0.2) is 48.8 Å². The van der Waals surface area contributed by atoms with Crippen LogP contribution in [0.25, 0.3) is 0 Å². The van der Waals surface area contributed by atoms with Crippen molar-refractivity contribution in [2.45, 2.75) is 31.4 Å². The number of aliphatic hydroxyl groups is 1. The van der Waals surface area contributed by atoms with Gasteiger partial charge in [-0.25, -0.2) is 0 Å². The number of rotatable bonds is 8. The lowest BCUT2D eigenvalue weighted by molar-refractivity contribution is -0.156. The third-order valence-corrected chi connectivity index (χ3v) is 4.71. The van der Waals surface area contributed by atoms with Crippen LogP contribution in [0.1, 0.15) is 18.4 Å². The summed E-state index contributed by atoms with van der Waals surface area (Å²) in [6.45, 7) is 3.05. The number of nitrogens with zero attached hydrogens (tertiary/aromatic N) is 3. The summed E-state index contributed by atoms with van der Waals surface area (Å²) in [5, 5.41) is 18.1. The minimum atomic E-state index is -1.29. The minimum absolute atomic E-state index is 0.152. The summed E-state index contributed by atoms with van der Waals surface area (Å²) in [6, 6.07) is 12.0. The topological polar surface area (TPSA) is 70.4 Å². The van der Waals surface area contributed by atoms with Crippen molar-refractivity contribution in [3.8, 4) is 0 Å². The average molecular weight is 342 g/mol. The Hall–Kier alpha value is -2.18. The Bertz CT molecular complexity index is 659. The molecule has 2 aromatic rings. The van der Waals surface area contributed by atoms with Crippen LogP contribution in [0.3, 0.4) is 0 Å². The van der Waals surface area contributed by atoms with Gasteiger partial charge in [0.05, 0.1) is 6.54 Å². The summed E-state index contributed by atoms with van der Waals surface area (Å²) in [6.07, 6.45) is 5.80. The molecule has 1 aromatic heterocycles. The van der Waals surface area contributed by atoms with E-state index in [2.05, 4.69) is 22.5 Å². The molecule has 1 aliphatic rings. The molecule has 2 heterocycles. The largest absolute Gasteiger partial charge is 0.379 e. The van der Waals surface area contributed by atoms with E-state index in [1.54, 1.807) is 11.1 Å². The van der Waals surface area contributed by atoms with Gasteiger partial charge in [0.2, 0.25) is 0 Å². The van der Waals surface area contributed by atoms with Crippen molar-refractivity contribution in [1.29, 1.82) is 0 Å². The van der Waals surface area contributed by atoms with Crippen LogP contribution in [-0.2, 0) is 17.8 Å². The Morgan fingerprint density at radius 3 is 2.80 bits per heavy atom. The van der Waals surface area contributed by atoms with Gasteiger partial charge in [-0.1, -0.05) is 30.3 Å². The number of carbonyl (C=O) groups is 1. The fourth-order valence-corrected chi connectivity index (χ4v) is 3.27. The summed E-state index contributed by atoms with van der Waals surface area (Å²) >= 11 is 0. The molecule has 3 rings (SSSR count). The standard InChI is InChI=1S/C19H26N4O2/c24-18-19(25,16-20-11-15-23-13-5-10-21-23)9-4-12-22(18)14-8-17-6-2-1-3-7-17/h1-3,5-7,10,13,20,25H,4,8-9,11-12,14-16H2/t19-/m0/s1. The van der Waals surface area contributed by atoms with Crippen molar-refractivity contribution in [2.24, 2.45) is 0 Å². The van der Waals surface area contributed by atoms with Gasteiger partial charge in [-0.15, -0.1) is 0 Å². The molecule has 1 aliphatic heterocycles. The number of piperidine rings is 1. The van der Waals surface area contributed by atoms with E-state index in [-0.39, 0.29) is 12.5 Å². The number of carbonyl (C=O) groups excluding carboxylic acids is 1. The molecule has 0 aliphatic carbocycles. The molecule has 0 spiro atoms. The first-order valence-electron chi connectivity index (χ1n) is 8.91. The first-order valence-corrected chi connectivity index (χ1v) is 8.91. The lowest BCUT2D eigenvalue weighted by Gasteiger charge is -2.38. The number of hydrogen-bond acceptors (Lipinski definition) is 4. The predicted octanol–water partition coefficient (Wildman–Crippen LogP) is 1.07. The smallest absolute Gasteiger partial charge is 0.255 e. The van der Waals surface area contributed by atoms with Gasteiger partial charge in [-0.05, 0) is 30.9 Å². The van der Waals surface area contributed by atoms with Gasteiger partial charge in [0.25, 0.3) is 5.91 Å². The predicted molar refractivity (Wildman–Crippen MR) is 96.0 cm³/mol. The zero-order chi connectivity index (χ0) is 17.5. The molecule has 6 nitrogen and oxygen atoms in total. The van der Waals surface area contributed by atoms with Crippen molar-refractivity contribution in [3.63, 3.8) is 0 Å². The van der Waals surface area contributed by atoms with Gasteiger partial charge in [-0.2, -0.15) is 5.10 Å². The van der Waals surface area contributed by atoms with Crippen LogP contribution in [-0.4, -0.2) is 57.5 Å². The number of aromatic nitrogens is 2. The maximum atomic E-state index is 12.7. The summed E-state index contributed by atoms with van der Waals surface area (Å²) in [7, 11) is 0. The molecule has 0 radical (unpaired) electrons. The van der Waals surface area contributed by atoms with E-state index in [9.17, 15) is 9.90 Å². The summed E-state index contributed by atoms with van der Waals surface area (Å²) in [5.41, 5.74) is -0.0826. The van der Waals surface area contributed by atoms with Crippen molar-refractivity contribution >= 4 is 5.91 Å². The van der Waals surface area contributed by atoms with Gasteiger partial charge in [0.15, 0.2) is 5.60 Å². The van der Waals surface area contributed by atoms with Crippen LogP contribution in [0.2, 0.25) is 0 Å². The van der Waals surface area contributed by atoms with E-state index in [0.29, 0.717) is 19.5 Å². The van der Waals surface area contributed by atoms with Crippen molar-refractivity contribution < 1.29 is 9.90 Å². The lowest BCUT2D eigenvalue weighted by atomic mass is 9.91. The number of hydrogen-bond donors (Lipinski definition) is 2. The highest BCUT2D eigenvalue weighted by atomic mass is 16.3. The zero-order valence-electron chi connectivity index (χ0n) is 14.5. The monoisotopic (exact) mass is 342 g/mol. The van der Waals surface area contributed by atoms with Crippen LogP contribution in [0.5, 0.6) is 0 Å². The van der Waals surface area contributed by atoms with Gasteiger partial charge in [0.1, 0.15) is 0 Å². The first kappa shape index (κ1) is 17.6. The number of nitrogens with one attached hydrogen (secondary N) is 1. The molecule has 0 unspecified atom stereocenters. The van der Waals surface area contributed by atoms with Crippen molar-refractivity contribution in [1.82, 2.24) is 20.0 Å². The van der Waals surface area contributed by atoms with Gasteiger partial charge < -0.3 is 15.3 Å². The maximum absolute atomic E-state index is 12.7. The molecule has 1 fully saturated rings. The van der Waals surface area contributed by atoms with Crippen LogP contribution >= 0.6 is 0 Å². The van der Waals surface area contributed by atoms with Gasteiger partial charge >= 0.3 is 0 Å². The second-order valence-corrected chi connectivity index (χ2v) is 6.61. The molecule has 1 aromatic carbocycles. The first-order chi connectivity index (χ1) is 12.2. The van der Waals surface area contributed by atoms with E-state index < -0.39 is 5.60 Å². The second kappa shape index (κ2) is 8.27. The molecular formula is C19H26N4O2. The molecule has 0 saturated carbocycles. The van der Waals surface area contributed by atoms with E-state index >= 15 is 0 Å². The molecule has 2 N–H and O–H groups in total. The van der Waals surface area contributed by atoms with E-state index in [1.165, 1.54) is 5.56 Å². The summed E-state index contributed by atoms with van der Waals surface area (Å²) < 4.78 is 1.83. The third kappa shape index (κ3) is 4.67. The lowest BCUT2D eigenvalue weighted by Crippen LogP contribution is -2.58. The normalized spacial score (nSPS) is 20.8. The molecule has 134 valence electrons. The number of likely N-dealkylation sites (tertiary alicyclic amines) is 1. The van der Waals surface area contributed by atoms with Crippen molar-refractivity contribution in [3.05, 3.63) is 54.4 Å². The summed E-state index contributed by atoms with van der Waals surface area (Å²) in [5.74, 6) is -0.152.